The highest BCUT2D eigenvalue weighted by atomic mass is 79.9. The molecule has 26 heavy (non-hydrogen) atoms. The SMILES string of the molecule is CCC(c1cccc(C(C)N(C(C)C)C(C)C)c1)c1cc(Br)ccc1O. The molecule has 2 unspecified atom stereocenters. The van der Waals surface area contributed by atoms with Crippen molar-refractivity contribution in [1.82, 2.24) is 4.90 Å². The van der Waals surface area contributed by atoms with Gasteiger partial charge in [0.1, 0.15) is 5.75 Å². The third-order valence-electron chi connectivity index (χ3n) is 5.21. The predicted octanol–water partition coefficient (Wildman–Crippen LogP) is 6.88. The monoisotopic (exact) mass is 417 g/mol. The number of phenols is 1. The van der Waals surface area contributed by atoms with Crippen LogP contribution in [0.25, 0.3) is 0 Å². The molecule has 2 aromatic carbocycles. The molecule has 0 saturated heterocycles. The smallest absolute Gasteiger partial charge is 0.119 e. The van der Waals surface area contributed by atoms with Crippen LogP contribution in [0.5, 0.6) is 5.75 Å². The normalized spacial score (nSPS) is 14.2. The van der Waals surface area contributed by atoms with E-state index in [4.69, 9.17) is 0 Å². The lowest BCUT2D eigenvalue weighted by Crippen LogP contribution is -2.39. The summed E-state index contributed by atoms with van der Waals surface area (Å²) in [6, 6.07) is 15.9. The lowest BCUT2D eigenvalue weighted by Gasteiger charge is -2.37. The average Bonchev–Trinajstić information content (AvgIpc) is 2.58. The minimum absolute atomic E-state index is 0.186. The summed E-state index contributed by atoms with van der Waals surface area (Å²) in [5.74, 6) is 0.552. The second kappa shape index (κ2) is 9.05. The molecule has 0 aliphatic carbocycles. The van der Waals surface area contributed by atoms with Crippen molar-refractivity contribution in [3.63, 3.8) is 0 Å². The fraction of sp³-hybridized carbons (Fsp3) is 0.478. The van der Waals surface area contributed by atoms with Crippen LogP contribution in [0.2, 0.25) is 0 Å². The Morgan fingerprint density at radius 2 is 1.54 bits per heavy atom. The third kappa shape index (κ3) is 4.69. The van der Waals surface area contributed by atoms with E-state index in [2.05, 4.69) is 86.6 Å². The van der Waals surface area contributed by atoms with Crippen LogP contribution in [0.3, 0.4) is 0 Å². The summed E-state index contributed by atoms with van der Waals surface area (Å²) in [6.07, 6.45) is 0.944. The minimum Gasteiger partial charge on any atom is -0.508 e. The Morgan fingerprint density at radius 3 is 2.12 bits per heavy atom. The minimum atomic E-state index is 0.186. The van der Waals surface area contributed by atoms with Gasteiger partial charge in [0.2, 0.25) is 0 Å². The largest absolute Gasteiger partial charge is 0.508 e. The van der Waals surface area contributed by atoms with E-state index in [1.807, 2.05) is 12.1 Å². The van der Waals surface area contributed by atoms with Gasteiger partial charge in [-0.15, -0.1) is 0 Å². The molecule has 0 aromatic heterocycles. The molecule has 2 atom stereocenters. The molecule has 0 spiro atoms. The molecular weight excluding hydrogens is 386 g/mol. The Hall–Kier alpha value is -1.32. The fourth-order valence-electron chi connectivity index (χ4n) is 4.14. The maximum atomic E-state index is 10.4. The Morgan fingerprint density at radius 1 is 0.923 bits per heavy atom. The summed E-state index contributed by atoms with van der Waals surface area (Å²) in [4.78, 5) is 2.54. The highest BCUT2D eigenvalue weighted by Gasteiger charge is 2.23. The summed E-state index contributed by atoms with van der Waals surface area (Å²) in [6.45, 7) is 13.5. The molecule has 2 rings (SSSR count). The average molecular weight is 418 g/mol. The molecule has 0 radical (unpaired) electrons. The predicted molar refractivity (Wildman–Crippen MR) is 115 cm³/mol. The van der Waals surface area contributed by atoms with Gasteiger partial charge < -0.3 is 5.11 Å². The highest BCUT2D eigenvalue weighted by Crippen LogP contribution is 2.37. The van der Waals surface area contributed by atoms with Crippen LogP contribution >= 0.6 is 15.9 Å². The number of benzene rings is 2. The van der Waals surface area contributed by atoms with Crippen molar-refractivity contribution in [2.24, 2.45) is 0 Å². The van der Waals surface area contributed by atoms with Gasteiger partial charge in [0.25, 0.3) is 0 Å². The summed E-state index contributed by atoms with van der Waals surface area (Å²) >= 11 is 3.54. The van der Waals surface area contributed by atoms with Crippen LogP contribution in [0.1, 0.15) is 76.6 Å². The number of nitrogens with zero attached hydrogens (tertiary/aromatic N) is 1. The van der Waals surface area contributed by atoms with E-state index in [1.54, 1.807) is 6.07 Å². The van der Waals surface area contributed by atoms with E-state index in [0.29, 0.717) is 23.9 Å². The zero-order valence-electron chi connectivity index (χ0n) is 16.8. The maximum absolute atomic E-state index is 10.4. The van der Waals surface area contributed by atoms with Crippen LogP contribution in [-0.2, 0) is 0 Å². The Balaban J connectivity index is 2.42. The second-order valence-corrected chi connectivity index (χ2v) is 8.56. The lowest BCUT2D eigenvalue weighted by molar-refractivity contribution is 0.123. The van der Waals surface area contributed by atoms with Crippen LogP contribution in [0, 0.1) is 0 Å². The van der Waals surface area contributed by atoms with Gasteiger partial charge >= 0.3 is 0 Å². The van der Waals surface area contributed by atoms with E-state index in [-0.39, 0.29) is 5.92 Å². The van der Waals surface area contributed by atoms with Gasteiger partial charge in [-0.25, -0.2) is 0 Å². The van der Waals surface area contributed by atoms with Gasteiger partial charge in [-0.3, -0.25) is 4.90 Å². The number of aromatic hydroxyl groups is 1. The molecule has 0 heterocycles. The topological polar surface area (TPSA) is 23.5 Å². The molecule has 2 nitrogen and oxygen atoms in total. The first-order valence-electron chi connectivity index (χ1n) is 9.61. The number of hydrogen-bond donors (Lipinski definition) is 1. The van der Waals surface area contributed by atoms with Crippen molar-refractivity contribution in [2.75, 3.05) is 0 Å². The molecule has 142 valence electrons. The zero-order chi connectivity index (χ0) is 19.4. The first kappa shape index (κ1) is 21.0. The van der Waals surface area contributed by atoms with Crippen molar-refractivity contribution >= 4 is 15.9 Å². The van der Waals surface area contributed by atoms with Crippen LogP contribution < -0.4 is 0 Å². The van der Waals surface area contributed by atoms with Crippen molar-refractivity contribution in [3.8, 4) is 5.75 Å². The Labute approximate surface area is 167 Å². The number of rotatable bonds is 7. The first-order valence-corrected chi connectivity index (χ1v) is 10.4. The number of phenolic OH excluding ortho intramolecular Hbond substituents is 1. The quantitative estimate of drug-likeness (QED) is 0.530. The van der Waals surface area contributed by atoms with Gasteiger partial charge in [-0.1, -0.05) is 47.1 Å². The first-order chi connectivity index (χ1) is 12.3. The van der Waals surface area contributed by atoms with Gasteiger partial charge in [0.15, 0.2) is 0 Å². The second-order valence-electron chi connectivity index (χ2n) is 7.64. The van der Waals surface area contributed by atoms with E-state index in [1.165, 1.54) is 11.1 Å². The maximum Gasteiger partial charge on any atom is 0.119 e. The van der Waals surface area contributed by atoms with Crippen molar-refractivity contribution in [3.05, 3.63) is 63.6 Å². The van der Waals surface area contributed by atoms with E-state index >= 15 is 0 Å². The Kier molecular flexibility index (Phi) is 7.31. The third-order valence-corrected chi connectivity index (χ3v) is 5.70. The van der Waals surface area contributed by atoms with Crippen LogP contribution in [0.15, 0.2) is 46.9 Å². The standard InChI is InChI=1S/C23H32BrNO/c1-7-21(22-14-20(24)11-12-23(22)26)19-10-8-9-18(13-19)17(6)25(15(2)3)16(4)5/h8-17,21,26H,7H2,1-6H3. The Bertz CT molecular complexity index is 718. The molecule has 0 amide bonds. The molecule has 0 aliphatic heterocycles. The summed E-state index contributed by atoms with van der Waals surface area (Å²) in [5, 5.41) is 10.4. The van der Waals surface area contributed by atoms with Crippen molar-refractivity contribution in [2.45, 2.75) is 72.0 Å². The molecule has 0 bridgehead atoms. The van der Waals surface area contributed by atoms with Gasteiger partial charge in [-0.2, -0.15) is 0 Å². The van der Waals surface area contributed by atoms with Gasteiger partial charge in [-0.05, 0) is 70.4 Å². The van der Waals surface area contributed by atoms with E-state index < -0.39 is 0 Å². The van der Waals surface area contributed by atoms with Crippen LogP contribution in [-0.4, -0.2) is 22.1 Å². The molecule has 3 heteroatoms. The molecule has 2 aromatic rings. The number of hydrogen-bond acceptors (Lipinski definition) is 2. The van der Waals surface area contributed by atoms with Crippen molar-refractivity contribution < 1.29 is 5.11 Å². The summed E-state index contributed by atoms with van der Waals surface area (Å²) in [5.41, 5.74) is 3.58. The fourth-order valence-corrected chi connectivity index (χ4v) is 4.52. The van der Waals surface area contributed by atoms with Gasteiger partial charge in [0.05, 0.1) is 0 Å². The van der Waals surface area contributed by atoms with Crippen LogP contribution in [0.4, 0.5) is 0 Å². The molecular formula is C23H32BrNO. The highest BCUT2D eigenvalue weighted by molar-refractivity contribution is 9.10. The summed E-state index contributed by atoms with van der Waals surface area (Å²) < 4.78 is 0.999. The number of halogens is 1. The van der Waals surface area contributed by atoms with E-state index in [0.717, 1.165) is 16.5 Å². The molecule has 0 saturated carbocycles. The summed E-state index contributed by atoms with van der Waals surface area (Å²) in [7, 11) is 0. The molecule has 1 N–H and O–H groups in total. The molecule has 0 aliphatic rings. The van der Waals surface area contributed by atoms with Gasteiger partial charge in [0, 0.05) is 34.1 Å². The zero-order valence-corrected chi connectivity index (χ0v) is 18.4. The van der Waals surface area contributed by atoms with E-state index in [9.17, 15) is 5.11 Å². The van der Waals surface area contributed by atoms with Crippen molar-refractivity contribution in [1.29, 1.82) is 0 Å². The molecule has 0 fully saturated rings. The lowest BCUT2D eigenvalue weighted by atomic mass is 9.87.